The summed E-state index contributed by atoms with van der Waals surface area (Å²) in [6, 6.07) is 22.1. The van der Waals surface area contributed by atoms with Crippen molar-refractivity contribution in [1.82, 2.24) is 14.5 Å². The van der Waals surface area contributed by atoms with Gasteiger partial charge in [-0.1, -0.05) is 35.9 Å². The summed E-state index contributed by atoms with van der Waals surface area (Å²) in [6.45, 7) is 4.38. The second-order valence-corrected chi connectivity index (χ2v) is 10.6. The van der Waals surface area contributed by atoms with Gasteiger partial charge in [0.25, 0.3) is 0 Å². The zero-order valence-corrected chi connectivity index (χ0v) is 21.4. The predicted octanol–water partition coefficient (Wildman–Crippen LogP) is 7.09. The molecule has 7 heteroatoms. The van der Waals surface area contributed by atoms with Gasteiger partial charge in [-0.15, -0.1) is 0 Å². The van der Waals surface area contributed by atoms with E-state index < -0.39 is 17.4 Å². The number of hydrogen-bond acceptors (Lipinski definition) is 3. The Hall–Kier alpha value is -3.53. The van der Waals surface area contributed by atoms with Gasteiger partial charge in [0.2, 0.25) is 0 Å². The van der Waals surface area contributed by atoms with Crippen molar-refractivity contribution in [2.75, 3.05) is 13.1 Å². The molecule has 0 saturated carbocycles. The average Bonchev–Trinajstić information content (AvgIpc) is 3.38. The highest BCUT2D eigenvalue weighted by Gasteiger charge is 2.45. The summed E-state index contributed by atoms with van der Waals surface area (Å²) in [6.07, 6.45) is 4.97. The lowest BCUT2D eigenvalue weighted by Crippen LogP contribution is -2.53. The Morgan fingerprint density at radius 1 is 1.03 bits per heavy atom. The average molecular weight is 517 g/mol. The highest BCUT2D eigenvalue weighted by atomic mass is 35.5. The second-order valence-electron chi connectivity index (χ2n) is 10.2. The normalized spacial score (nSPS) is 16.1. The Bertz CT molecular complexity index is 1420. The Labute approximate surface area is 220 Å². The molecule has 4 nitrogen and oxygen atoms in total. The molecule has 5 rings (SSSR count). The van der Waals surface area contributed by atoms with Crippen molar-refractivity contribution in [2.45, 2.75) is 31.5 Å². The fourth-order valence-corrected chi connectivity index (χ4v) is 5.70. The van der Waals surface area contributed by atoms with Crippen LogP contribution in [0.15, 0.2) is 85.5 Å². The molecule has 0 N–H and O–H groups in total. The third kappa shape index (κ3) is 5.29. The first kappa shape index (κ1) is 25.1. The molecule has 0 amide bonds. The van der Waals surface area contributed by atoms with Crippen LogP contribution in [0.1, 0.15) is 48.1 Å². The van der Waals surface area contributed by atoms with Crippen LogP contribution < -0.4 is 0 Å². The van der Waals surface area contributed by atoms with Crippen molar-refractivity contribution in [3.63, 3.8) is 0 Å². The highest BCUT2D eigenvalue weighted by molar-refractivity contribution is 6.30. The minimum absolute atomic E-state index is 0.0219. The molecule has 2 atom stereocenters. The van der Waals surface area contributed by atoms with E-state index in [0.29, 0.717) is 34.9 Å². The first-order chi connectivity index (χ1) is 17.7. The molecule has 1 aromatic heterocycles. The van der Waals surface area contributed by atoms with Crippen LogP contribution in [0.2, 0.25) is 5.02 Å². The lowest BCUT2D eigenvalue weighted by atomic mass is 9.72. The van der Waals surface area contributed by atoms with Crippen LogP contribution in [0, 0.1) is 23.1 Å². The molecular formula is C30H27ClF2N4. The van der Waals surface area contributed by atoms with E-state index in [0.717, 1.165) is 11.1 Å². The molecule has 1 fully saturated rings. The van der Waals surface area contributed by atoms with E-state index in [9.17, 15) is 9.65 Å². The molecule has 37 heavy (non-hydrogen) atoms. The molecule has 2 unspecified atom stereocenters. The topological polar surface area (TPSA) is 44.9 Å². The number of nitriles is 1. The summed E-state index contributed by atoms with van der Waals surface area (Å²) in [5.41, 5.74) is 2.31. The summed E-state index contributed by atoms with van der Waals surface area (Å²) in [5, 5.41) is 10.1. The zero-order chi connectivity index (χ0) is 26.2. The largest absolute Gasteiger partial charge is 0.306 e. The summed E-state index contributed by atoms with van der Waals surface area (Å²) < 4.78 is 32.1. The third-order valence-electron chi connectivity index (χ3n) is 7.10. The molecule has 4 aromatic rings. The zero-order valence-electron chi connectivity index (χ0n) is 20.7. The van der Waals surface area contributed by atoms with Gasteiger partial charge in [-0.25, -0.2) is 13.8 Å². The van der Waals surface area contributed by atoms with Crippen LogP contribution in [0.4, 0.5) is 8.78 Å². The van der Waals surface area contributed by atoms with Crippen molar-refractivity contribution >= 4 is 11.6 Å². The smallest absolute Gasteiger partial charge is 0.125 e. The molecule has 0 spiro atoms. The first-order valence-electron chi connectivity index (χ1n) is 12.2. The van der Waals surface area contributed by atoms with E-state index in [1.54, 1.807) is 43.2 Å². The van der Waals surface area contributed by atoms with E-state index in [1.165, 1.54) is 12.1 Å². The second kappa shape index (κ2) is 10.1. The van der Waals surface area contributed by atoms with Crippen LogP contribution in [0.3, 0.4) is 0 Å². The molecule has 0 radical (unpaired) electrons. The number of aromatic nitrogens is 2. The Morgan fingerprint density at radius 2 is 1.78 bits per heavy atom. The number of rotatable bonds is 7. The molecule has 3 aromatic carbocycles. The van der Waals surface area contributed by atoms with Gasteiger partial charge in [0, 0.05) is 42.1 Å². The number of benzene rings is 3. The van der Waals surface area contributed by atoms with Gasteiger partial charge in [0.15, 0.2) is 0 Å². The number of imidazole rings is 1. The number of hydrogen-bond donors (Lipinski definition) is 0. The van der Waals surface area contributed by atoms with E-state index in [-0.39, 0.29) is 12.0 Å². The standard InChI is InChI=1S/C30H27ClF2N4/c1-30(2,33)28(23-13-26(32)15-27(14-23)36-11-10-35-19-36)24-17-37(18-24)29(21-6-8-25(31)9-7-21)22-5-3-4-20(12-22)16-34/h3-15,19,24,28-29H,17-18H2,1-2H3. The van der Waals surface area contributed by atoms with Gasteiger partial charge < -0.3 is 4.57 Å². The summed E-state index contributed by atoms with van der Waals surface area (Å²) in [5.74, 6) is -0.927. The van der Waals surface area contributed by atoms with Crippen molar-refractivity contribution < 1.29 is 8.78 Å². The molecule has 1 aliphatic heterocycles. The van der Waals surface area contributed by atoms with Crippen LogP contribution in [0.25, 0.3) is 5.69 Å². The quantitative estimate of drug-likeness (QED) is 0.263. The summed E-state index contributed by atoms with van der Waals surface area (Å²) in [7, 11) is 0. The van der Waals surface area contributed by atoms with Gasteiger partial charge in [-0.2, -0.15) is 5.26 Å². The van der Waals surface area contributed by atoms with Crippen LogP contribution in [-0.2, 0) is 0 Å². The van der Waals surface area contributed by atoms with Crippen molar-refractivity contribution in [3.8, 4) is 11.8 Å². The molecular weight excluding hydrogens is 490 g/mol. The number of halogens is 3. The van der Waals surface area contributed by atoms with E-state index in [1.807, 2.05) is 48.5 Å². The first-order valence-corrected chi connectivity index (χ1v) is 12.6. The Morgan fingerprint density at radius 3 is 2.43 bits per heavy atom. The summed E-state index contributed by atoms with van der Waals surface area (Å²) in [4.78, 5) is 6.33. The van der Waals surface area contributed by atoms with Gasteiger partial charge >= 0.3 is 0 Å². The fraction of sp³-hybridized carbons (Fsp3) is 0.267. The predicted molar refractivity (Wildman–Crippen MR) is 141 cm³/mol. The van der Waals surface area contributed by atoms with Gasteiger partial charge in [-0.05, 0) is 78.9 Å². The van der Waals surface area contributed by atoms with E-state index in [2.05, 4.69) is 16.0 Å². The maximum atomic E-state index is 15.7. The monoisotopic (exact) mass is 516 g/mol. The van der Waals surface area contributed by atoms with Gasteiger partial charge in [-0.3, -0.25) is 4.90 Å². The van der Waals surface area contributed by atoms with E-state index in [4.69, 9.17) is 11.6 Å². The van der Waals surface area contributed by atoms with Crippen LogP contribution in [-0.4, -0.2) is 33.2 Å². The Balaban J connectivity index is 1.47. The third-order valence-corrected chi connectivity index (χ3v) is 7.35. The maximum Gasteiger partial charge on any atom is 0.125 e. The fourth-order valence-electron chi connectivity index (χ4n) is 5.57. The van der Waals surface area contributed by atoms with Crippen LogP contribution >= 0.6 is 11.6 Å². The molecule has 1 aliphatic rings. The Kier molecular flexibility index (Phi) is 6.85. The summed E-state index contributed by atoms with van der Waals surface area (Å²) >= 11 is 6.15. The van der Waals surface area contributed by atoms with E-state index >= 15 is 4.39 Å². The maximum absolute atomic E-state index is 15.7. The highest BCUT2D eigenvalue weighted by Crippen LogP contribution is 2.46. The number of nitrogens with zero attached hydrogens (tertiary/aromatic N) is 4. The van der Waals surface area contributed by atoms with Gasteiger partial charge in [0.1, 0.15) is 11.5 Å². The van der Waals surface area contributed by atoms with Crippen LogP contribution in [0.5, 0.6) is 0 Å². The number of alkyl halides is 1. The van der Waals surface area contributed by atoms with Crippen molar-refractivity contribution in [3.05, 3.63) is 119 Å². The molecule has 1 saturated heterocycles. The van der Waals surface area contributed by atoms with Crippen molar-refractivity contribution in [2.24, 2.45) is 5.92 Å². The number of likely N-dealkylation sites (tertiary alicyclic amines) is 1. The SMILES string of the molecule is CC(C)(F)C(c1cc(F)cc(-n2ccnc2)c1)C1CN(C(c2ccc(Cl)cc2)c2cccc(C#N)c2)C1. The minimum Gasteiger partial charge on any atom is -0.306 e. The van der Waals surface area contributed by atoms with Crippen molar-refractivity contribution in [1.29, 1.82) is 5.26 Å². The molecule has 0 bridgehead atoms. The molecule has 0 aliphatic carbocycles. The lowest BCUT2D eigenvalue weighted by Gasteiger charge is -2.50. The lowest BCUT2D eigenvalue weighted by molar-refractivity contribution is 0.00813. The molecule has 188 valence electrons. The molecule has 2 heterocycles. The van der Waals surface area contributed by atoms with Gasteiger partial charge in [0.05, 0.1) is 24.0 Å². The minimum atomic E-state index is -1.56.